The van der Waals surface area contributed by atoms with Crippen molar-refractivity contribution in [1.29, 1.82) is 0 Å². The van der Waals surface area contributed by atoms with Crippen LogP contribution in [0.25, 0.3) is 11.4 Å². The molecule has 7 heteroatoms. The molecule has 3 aromatic rings. The summed E-state index contributed by atoms with van der Waals surface area (Å²) in [5.41, 5.74) is 10.5. The van der Waals surface area contributed by atoms with Crippen LogP contribution in [0.2, 0.25) is 0 Å². The summed E-state index contributed by atoms with van der Waals surface area (Å²) in [5.74, 6) is 1.42. The Labute approximate surface area is 171 Å². The molecule has 0 radical (unpaired) electrons. The second kappa shape index (κ2) is 8.05. The van der Waals surface area contributed by atoms with E-state index in [9.17, 15) is 0 Å². The van der Waals surface area contributed by atoms with Crippen LogP contribution in [-0.4, -0.2) is 25.5 Å². The molecule has 0 bridgehead atoms. The zero-order chi connectivity index (χ0) is 19.0. The van der Waals surface area contributed by atoms with Crippen molar-refractivity contribution in [1.82, 2.24) is 19.9 Å². The topological polar surface area (TPSA) is 82.8 Å². The van der Waals surface area contributed by atoms with E-state index in [0.717, 1.165) is 48.3 Å². The fraction of sp³-hybridized carbons (Fsp3) is 0.476. The zero-order valence-corrected chi connectivity index (χ0v) is 17.5. The van der Waals surface area contributed by atoms with Gasteiger partial charge in [-0.3, -0.25) is 4.68 Å². The van der Waals surface area contributed by atoms with Crippen LogP contribution in [0.4, 0.5) is 0 Å². The van der Waals surface area contributed by atoms with Crippen LogP contribution in [0.15, 0.2) is 34.9 Å². The maximum atomic E-state index is 6.49. The van der Waals surface area contributed by atoms with Crippen LogP contribution >= 0.6 is 12.4 Å². The highest BCUT2D eigenvalue weighted by molar-refractivity contribution is 5.85. The van der Waals surface area contributed by atoms with Crippen molar-refractivity contribution in [2.75, 3.05) is 0 Å². The fourth-order valence-electron chi connectivity index (χ4n) is 4.07. The van der Waals surface area contributed by atoms with Crippen molar-refractivity contribution >= 4 is 12.4 Å². The molecule has 0 aliphatic heterocycles. The number of nitrogens with two attached hydrogens (primary N) is 1. The molecule has 0 amide bonds. The highest BCUT2D eigenvalue weighted by atomic mass is 35.5. The van der Waals surface area contributed by atoms with E-state index in [2.05, 4.69) is 47.3 Å². The molecule has 28 heavy (non-hydrogen) atoms. The van der Waals surface area contributed by atoms with Gasteiger partial charge in [0.05, 0.1) is 18.2 Å². The van der Waals surface area contributed by atoms with Crippen molar-refractivity contribution in [3.05, 3.63) is 53.2 Å². The molecule has 6 nitrogen and oxygen atoms in total. The SMILES string of the molecule is Cc1cc(C)n(Cc2cccc(-c3noc(C4CCCCC4(C)N)n3)c2)n1.Cl. The maximum absolute atomic E-state index is 6.49. The predicted molar refractivity (Wildman–Crippen MR) is 112 cm³/mol. The Kier molecular flexibility index (Phi) is 5.91. The molecular weight excluding hydrogens is 374 g/mol. The van der Waals surface area contributed by atoms with E-state index in [0.29, 0.717) is 11.7 Å². The number of nitrogens with zero attached hydrogens (tertiary/aromatic N) is 4. The van der Waals surface area contributed by atoms with Crippen LogP contribution in [0.1, 0.15) is 61.4 Å². The largest absolute Gasteiger partial charge is 0.339 e. The minimum Gasteiger partial charge on any atom is -0.339 e. The lowest BCUT2D eigenvalue weighted by Crippen LogP contribution is -2.44. The van der Waals surface area contributed by atoms with Crippen molar-refractivity contribution in [3.8, 4) is 11.4 Å². The number of hydrogen-bond donors (Lipinski definition) is 1. The minimum atomic E-state index is -0.278. The van der Waals surface area contributed by atoms with Gasteiger partial charge >= 0.3 is 0 Å². The Bertz CT molecular complexity index is 946. The summed E-state index contributed by atoms with van der Waals surface area (Å²) < 4.78 is 7.63. The minimum absolute atomic E-state index is 0. The molecule has 0 saturated heterocycles. The van der Waals surface area contributed by atoms with Crippen LogP contribution in [0.3, 0.4) is 0 Å². The second-order valence-electron chi connectivity index (χ2n) is 8.05. The average molecular weight is 402 g/mol. The van der Waals surface area contributed by atoms with Crippen LogP contribution in [0, 0.1) is 13.8 Å². The molecule has 0 spiro atoms. The first-order chi connectivity index (χ1) is 12.9. The van der Waals surface area contributed by atoms with Crippen molar-refractivity contribution in [3.63, 3.8) is 0 Å². The van der Waals surface area contributed by atoms with Gasteiger partial charge in [-0.05, 0) is 51.3 Å². The molecule has 2 unspecified atom stereocenters. The fourth-order valence-corrected chi connectivity index (χ4v) is 4.07. The Hall–Kier alpha value is -2.18. The summed E-state index contributed by atoms with van der Waals surface area (Å²) in [7, 11) is 0. The number of benzene rings is 1. The molecule has 1 fully saturated rings. The number of halogens is 1. The standard InChI is InChI=1S/C21H27N5O.ClH/c1-14-11-15(2)26(24-14)13-16-7-6-8-17(12-16)19-23-20(27-25-19)18-9-4-5-10-21(18,3)22;/h6-8,11-12,18H,4-5,9-10,13,22H2,1-3H3;1H. The quantitative estimate of drug-likeness (QED) is 0.700. The predicted octanol–water partition coefficient (Wildman–Crippen LogP) is 4.40. The van der Waals surface area contributed by atoms with Gasteiger partial charge < -0.3 is 10.3 Å². The molecule has 1 aromatic carbocycles. The molecule has 2 heterocycles. The number of aromatic nitrogens is 4. The lowest BCUT2D eigenvalue weighted by atomic mass is 9.74. The number of hydrogen-bond acceptors (Lipinski definition) is 5. The Morgan fingerprint density at radius 3 is 2.79 bits per heavy atom. The van der Waals surface area contributed by atoms with Gasteiger partial charge in [0.2, 0.25) is 11.7 Å². The van der Waals surface area contributed by atoms with E-state index >= 15 is 0 Å². The van der Waals surface area contributed by atoms with Gasteiger partial charge in [0.15, 0.2) is 0 Å². The van der Waals surface area contributed by atoms with Crippen molar-refractivity contribution < 1.29 is 4.52 Å². The summed E-state index contributed by atoms with van der Waals surface area (Å²) >= 11 is 0. The summed E-state index contributed by atoms with van der Waals surface area (Å²) in [6.07, 6.45) is 4.33. The molecular formula is C21H28ClN5O. The molecule has 1 saturated carbocycles. The molecule has 150 valence electrons. The normalized spacial score (nSPS) is 22.1. The van der Waals surface area contributed by atoms with Gasteiger partial charge in [-0.2, -0.15) is 10.1 Å². The first kappa shape index (κ1) is 20.6. The van der Waals surface area contributed by atoms with E-state index in [1.807, 2.05) is 23.7 Å². The third-order valence-electron chi connectivity index (χ3n) is 5.62. The third kappa shape index (κ3) is 4.13. The van der Waals surface area contributed by atoms with Gasteiger partial charge in [-0.15, -0.1) is 12.4 Å². The highest BCUT2D eigenvalue weighted by Crippen LogP contribution is 2.38. The van der Waals surface area contributed by atoms with Gasteiger partial charge in [0.25, 0.3) is 0 Å². The van der Waals surface area contributed by atoms with Gasteiger partial charge in [0.1, 0.15) is 0 Å². The summed E-state index contributed by atoms with van der Waals surface area (Å²) in [5, 5.41) is 8.78. The number of aryl methyl sites for hydroxylation is 2. The van der Waals surface area contributed by atoms with E-state index in [1.165, 1.54) is 6.42 Å². The van der Waals surface area contributed by atoms with Crippen molar-refractivity contribution in [2.45, 2.75) is 64.5 Å². The molecule has 2 aromatic heterocycles. The van der Waals surface area contributed by atoms with Gasteiger partial charge in [-0.1, -0.05) is 36.2 Å². The van der Waals surface area contributed by atoms with Gasteiger partial charge in [0, 0.05) is 16.8 Å². The molecule has 4 rings (SSSR count). The number of rotatable bonds is 4. The lowest BCUT2D eigenvalue weighted by molar-refractivity contribution is 0.223. The Morgan fingerprint density at radius 2 is 2.07 bits per heavy atom. The van der Waals surface area contributed by atoms with Crippen LogP contribution in [-0.2, 0) is 6.54 Å². The zero-order valence-electron chi connectivity index (χ0n) is 16.7. The maximum Gasteiger partial charge on any atom is 0.231 e. The summed E-state index contributed by atoms with van der Waals surface area (Å²) in [6.45, 7) is 6.90. The van der Waals surface area contributed by atoms with E-state index < -0.39 is 0 Å². The highest BCUT2D eigenvalue weighted by Gasteiger charge is 2.37. The van der Waals surface area contributed by atoms with Crippen LogP contribution < -0.4 is 5.73 Å². The van der Waals surface area contributed by atoms with E-state index in [1.54, 1.807) is 0 Å². The first-order valence-electron chi connectivity index (χ1n) is 9.65. The van der Waals surface area contributed by atoms with Gasteiger partial charge in [-0.25, -0.2) is 0 Å². The Morgan fingerprint density at radius 1 is 1.25 bits per heavy atom. The average Bonchev–Trinajstić information content (AvgIpc) is 3.22. The summed E-state index contributed by atoms with van der Waals surface area (Å²) in [4.78, 5) is 4.69. The monoisotopic (exact) mass is 401 g/mol. The smallest absolute Gasteiger partial charge is 0.231 e. The van der Waals surface area contributed by atoms with Crippen molar-refractivity contribution in [2.24, 2.45) is 5.73 Å². The van der Waals surface area contributed by atoms with E-state index in [4.69, 9.17) is 10.3 Å². The van der Waals surface area contributed by atoms with Crippen LogP contribution in [0.5, 0.6) is 0 Å². The molecule has 1 aliphatic rings. The molecule has 2 atom stereocenters. The Balaban J connectivity index is 0.00000225. The lowest BCUT2D eigenvalue weighted by Gasteiger charge is -2.35. The van der Waals surface area contributed by atoms with E-state index in [-0.39, 0.29) is 23.9 Å². The first-order valence-corrected chi connectivity index (χ1v) is 9.65. The molecule has 1 aliphatic carbocycles. The third-order valence-corrected chi connectivity index (χ3v) is 5.62. The second-order valence-corrected chi connectivity index (χ2v) is 8.05. The molecule has 2 N–H and O–H groups in total. The summed E-state index contributed by atoms with van der Waals surface area (Å²) in [6, 6.07) is 10.3.